The highest BCUT2D eigenvalue weighted by Crippen LogP contribution is 2.14. The summed E-state index contributed by atoms with van der Waals surface area (Å²) >= 11 is 0. The first-order valence-electron chi connectivity index (χ1n) is 5.54. The second kappa shape index (κ2) is 5.70. The van der Waals surface area contributed by atoms with Gasteiger partial charge in [-0.2, -0.15) is 0 Å². The summed E-state index contributed by atoms with van der Waals surface area (Å²) < 4.78 is 5.11. The van der Waals surface area contributed by atoms with Gasteiger partial charge in [0.25, 0.3) is 0 Å². The molecule has 0 atom stereocenters. The molecule has 0 unspecified atom stereocenters. The molecule has 0 spiro atoms. The van der Waals surface area contributed by atoms with Gasteiger partial charge < -0.3 is 14.8 Å². The zero-order valence-corrected chi connectivity index (χ0v) is 10.0. The van der Waals surface area contributed by atoms with Crippen LogP contribution in [0.15, 0.2) is 10.5 Å². The fourth-order valence-electron chi connectivity index (χ4n) is 1.41. The number of carboxylic acid groups (broad SMARTS) is 1. The van der Waals surface area contributed by atoms with Crippen molar-refractivity contribution < 1.29 is 14.3 Å². The van der Waals surface area contributed by atoms with Gasteiger partial charge in [-0.3, -0.25) is 0 Å². The summed E-state index contributed by atoms with van der Waals surface area (Å²) in [5.74, 6) is 0.344. The first-order valence-corrected chi connectivity index (χ1v) is 5.54. The summed E-state index contributed by atoms with van der Waals surface area (Å²) in [5.41, 5.74) is 0.918. The zero-order chi connectivity index (χ0) is 12.1. The number of hydrogen-bond acceptors (Lipinski definition) is 3. The van der Waals surface area contributed by atoms with Crippen molar-refractivity contribution in [1.29, 1.82) is 0 Å². The molecule has 4 nitrogen and oxygen atoms in total. The normalized spacial score (nSPS) is 11.0. The standard InChI is InChI=1S/C12H19NO3/c1-8(2)4-5-13-7-10-6-11(12(14)15)16-9(10)3/h6,8,13H,4-5,7H2,1-3H3,(H,14,15). The molecule has 2 N–H and O–H groups in total. The van der Waals surface area contributed by atoms with Crippen LogP contribution in [0.25, 0.3) is 0 Å². The Kier molecular flexibility index (Phi) is 4.55. The molecule has 0 bridgehead atoms. The van der Waals surface area contributed by atoms with Gasteiger partial charge in [-0.05, 0) is 31.9 Å². The topological polar surface area (TPSA) is 62.5 Å². The number of rotatable bonds is 6. The summed E-state index contributed by atoms with van der Waals surface area (Å²) in [6, 6.07) is 1.58. The van der Waals surface area contributed by atoms with E-state index in [4.69, 9.17) is 9.52 Å². The minimum atomic E-state index is -1.02. The predicted octanol–water partition coefficient (Wildman–Crippen LogP) is 2.42. The van der Waals surface area contributed by atoms with Crippen LogP contribution in [0.3, 0.4) is 0 Å². The molecule has 0 aliphatic rings. The number of furan rings is 1. The minimum Gasteiger partial charge on any atom is -0.475 e. The Morgan fingerprint density at radius 3 is 2.75 bits per heavy atom. The van der Waals surface area contributed by atoms with Gasteiger partial charge in [0.05, 0.1) is 0 Å². The lowest BCUT2D eigenvalue weighted by Crippen LogP contribution is -2.16. The zero-order valence-electron chi connectivity index (χ0n) is 10.0. The van der Waals surface area contributed by atoms with E-state index < -0.39 is 5.97 Å². The Labute approximate surface area is 95.7 Å². The van der Waals surface area contributed by atoms with E-state index in [2.05, 4.69) is 19.2 Å². The van der Waals surface area contributed by atoms with Gasteiger partial charge in [-0.15, -0.1) is 0 Å². The molecule has 0 aromatic carbocycles. The Bertz CT molecular complexity index is 355. The van der Waals surface area contributed by atoms with E-state index in [1.165, 1.54) is 0 Å². The van der Waals surface area contributed by atoms with Gasteiger partial charge in [-0.25, -0.2) is 4.79 Å². The van der Waals surface area contributed by atoms with Gasteiger partial charge in [0.1, 0.15) is 5.76 Å². The predicted molar refractivity (Wildman–Crippen MR) is 61.6 cm³/mol. The molecule has 1 rings (SSSR count). The number of aromatic carboxylic acids is 1. The fourth-order valence-corrected chi connectivity index (χ4v) is 1.41. The Morgan fingerprint density at radius 2 is 2.25 bits per heavy atom. The third-order valence-electron chi connectivity index (χ3n) is 2.45. The van der Waals surface area contributed by atoms with E-state index in [-0.39, 0.29) is 5.76 Å². The molecule has 0 aliphatic carbocycles. The molecule has 0 fully saturated rings. The van der Waals surface area contributed by atoms with E-state index in [1.54, 1.807) is 13.0 Å². The molecule has 0 saturated heterocycles. The fraction of sp³-hybridized carbons (Fsp3) is 0.583. The van der Waals surface area contributed by atoms with Crippen LogP contribution in [0.1, 0.15) is 42.1 Å². The largest absolute Gasteiger partial charge is 0.475 e. The molecular weight excluding hydrogens is 206 g/mol. The molecule has 4 heteroatoms. The second-order valence-electron chi connectivity index (χ2n) is 4.36. The quantitative estimate of drug-likeness (QED) is 0.730. The van der Waals surface area contributed by atoms with Gasteiger partial charge >= 0.3 is 5.97 Å². The average Bonchev–Trinajstić information content (AvgIpc) is 2.55. The maximum Gasteiger partial charge on any atom is 0.371 e. The highest BCUT2D eigenvalue weighted by molar-refractivity contribution is 5.84. The Balaban J connectivity index is 2.45. The molecule has 1 aromatic rings. The first-order chi connectivity index (χ1) is 7.50. The van der Waals surface area contributed by atoms with Crippen LogP contribution in [0.4, 0.5) is 0 Å². The van der Waals surface area contributed by atoms with E-state index in [1.807, 2.05) is 0 Å². The van der Waals surface area contributed by atoms with Crippen molar-refractivity contribution in [3.63, 3.8) is 0 Å². The number of aryl methyl sites for hydroxylation is 1. The first kappa shape index (κ1) is 12.8. The van der Waals surface area contributed by atoms with Crippen molar-refractivity contribution in [2.45, 2.75) is 33.7 Å². The average molecular weight is 225 g/mol. The summed E-state index contributed by atoms with van der Waals surface area (Å²) in [6.45, 7) is 7.73. The van der Waals surface area contributed by atoms with Crippen LogP contribution >= 0.6 is 0 Å². The van der Waals surface area contributed by atoms with Crippen LogP contribution in [0, 0.1) is 12.8 Å². The summed E-state index contributed by atoms with van der Waals surface area (Å²) in [7, 11) is 0. The van der Waals surface area contributed by atoms with Crippen molar-refractivity contribution in [3.05, 3.63) is 23.2 Å². The third-order valence-corrected chi connectivity index (χ3v) is 2.45. The van der Waals surface area contributed by atoms with E-state index in [0.29, 0.717) is 18.2 Å². The van der Waals surface area contributed by atoms with E-state index in [0.717, 1.165) is 18.5 Å². The molecule has 0 radical (unpaired) electrons. The molecule has 0 aliphatic heterocycles. The second-order valence-corrected chi connectivity index (χ2v) is 4.36. The highest BCUT2D eigenvalue weighted by Gasteiger charge is 2.12. The van der Waals surface area contributed by atoms with E-state index >= 15 is 0 Å². The van der Waals surface area contributed by atoms with Crippen molar-refractivity contribution in [2.75, 3.05) is 6.54 Å². The van der Waals surface area contributed by atoms with Crippen LogP contribution in [0.5, 0.6) is 0 Å². The summed E-state index contributed by atoms with van der Waals surface area (Å²) in [5, 5.41) is 12.0. The number of nitrogens with one attached hydrogen (secondary N) is 1. The molecule has 90 valence electrons. The van der Waals surface area contributed by atoms with Gasteiger partial charge in [0.15, 0.2) is 0 Å². The summed E-state index contributed by atoms with van der Waals surface area (Å²) in [4.78, 5) is 10.7. The Hall–Kier alpha value is -1.29. The van der Waals surface area contributed by atoms with Crippen molar-refractivity contribution in [1.82, 2.24) is 5.32 Å². The maximum absolute atomic E-state index is 10.7. The van der Waals surface area contributed by atoms with E-state index in [9.17, 15) is 4.79 Å². The monoisotopic (exact) mass is 225 g/mol. The minimum absolute atomic E-state index is 0.0122. The lowest BCUT2D eigenvalue weighted by molar-refractivity contribution is 0.0661. The molecule has 1 heterocycles. The SMILES string of the molecule is Cc1oc(C(=O)O)cc1CNCCC(C)C. The van der Waals surface area contributed by atoms with Crippen molar-refractivity contribution in [2.24, 2.45) is 5.92 Å². The molecule has 16 heavy (non-hydrogen) atoms. The van der Waals surface area contributed by atoms with Crippen LogP contribution < -0.4 is 5.32 Å². The Morgan fingerprint density at radius 1 is 1.56 bits per heavy atom. The smallest absolute Gasteiger partial charge is 0.371 e. The van der Waals surface area contributed by atoms with Crippen molar-refractivity contribution in [3.8, 4) is 0 Å². The van der Waals surface area contributed by atoms with Gasteiger partial charge in [0, 0.05) is 12.1 Å². The number of hydrogen-bond donors (Lipinski definition) is 2. The molecule has 0 amide bonds. The molecule has 1 aromatic heterocycles. The lowest BCUT2D eigenvalue weighted by atomic mass is 10.1. The molecular formula is C12H19NO3. The van der Waals surface area contributed by atoms with Gasteiger partial charge in [0.2, 0.25) is 5.76 Å². The van der Waals surface area contributed by atoms with Crippen LogP contribution in [-0.4, -0.2) is 17.6 Å². The number of carboxylic acids is 1. The van der Waals surface area contributed by atoms with Gasteiger partial charge in [-0.1, -0.05) is 13.8 Å². The number of carbonyl (C=O) groups is 1. The van der Waals surface area contributed by atoms with Crippen LogP contribution in [0.2, 0.25) is 0 Å². The lowest BCUT2D eigenvalue weighted by Gasteiger charge is -2.05. The maximum atomic E-state index is 10.7. The summed E-state index contributed by atoms with van der Waals surface area (Å²) in [6.07, 6.45) is 1.11. The van der Waals surface area contributed by atoms with Crippen molar-refractivity contribution >= 4 is 5.97 Å². The third kappa shape index (κ3) is 3.70. The highest BCUT2D eigenvalue weighted by atomic mass is 16.4. The molecule has 0 saturated carbocycles. The van der Waals surface area contributed by atoms with Crippen LogP contribution in [-0.2, 0) is 6.54 Å².